The summed E-state index contributed by atoms with van der Waals surface area (Å²) < 4.78 is 31.8. The Morgan fingerprint density at radius 1 is 0.900 bits per heavy atom. The molecule has 0 aromatic heterocycles. The highest BCUT2D eigenvalue weighted by Crippen LogP contribution is 2.26. The number of hydrogen-bond donors (Lipinski definition) is 1. The third-order valence-corrected chi connectivity index (χ3v) is 3.01. The van der Waals surface area contributed by atoms with Crippen LogP contribution in [0.1, 0.15) is 22.3 Å². The maximum Gasteiger partial charge on any atom is 0.126 e. The highest BCUT2D eigenvalue weighted by molar-refractivity contribution is 5.43. The zero-order chi connectivity index (χ0) is 14.7. The molecule has 0 heterocycles. The SMILES string of the molecule is Cc1cc(CO)cc(C)c1OCc1cc(F)cc(F)c1. The van der Waals surface area contributed by atoms with Gasteiger partial charge in [0.2, 0.25) is 0 Å². The Kier molecular flexibility index (Phi) is 4.35. The number of hydrogen-bond acceptors (Lipinski definition) is 2. The quantitative estimate of drug-likeness (QED) is 0.925. The van der Waals surface area contributed by atoms with Gasteiger partial charge >= 0.3 is 0 Å². The van der Waals surface area contributed by atoms with Crippen molar-refractivity contribution in [3.05, 3.63) is 64.2 Å². The van der Waals surface area contributed by atoms with Crippen molar-refractivity contribution in [1.29, 1.82) is 0 Å². The van der Waals surface area contributed by atoms with Crippen LogP contribution in [-0.4, -0.2) is 5.11 Å². The van der Waals surface area contributed by atoms with Crippen LogP contribution in [0.4, 0.5) is 8.78 Å². The molecule has 4 heteroatoms. The number of halogens is 2. The number of ether oxygens (including phenoxy) is 1. The fraction of sp³-hybridized carbons (Fsp3) is 0.250. The molecular weight excluding hydrogens is 262 g/mol. The maximum atomic E-state index is 13.1. The van der Waals surface area contributed by atoms with E-state index in [-0.39, 0.29) is 13.2 Å². The van der Waals surface area contributed by atoms with E-state index in [2.05, 4.69) is 0 Å². The number of rotatable bonds is 4. The molecule has 2 aromatic carbocycles. The Balaban J connectivity index is 2.18. The first kappa shape index (κ1) is 14.5. The molecular formula is C16H16F2O2. The van der Waals surface area contributed by atoms with Gasteiger partial charge in [-0.1, -0.05) is 12.1 Å². The van der Waals surface area contributed by atoms with Crippen molar-refractivity contribution in [1.82, 2.24) is 0 Å². The highest BCUT2D eigenvalue weighted by Gasteiger charge is 2.08. The van der Waals surface area contributed by atoms with Gasteiger partial charge in [-0.3, -0.25) is 0 Å². The van der Waals surface area contributed by atoms with Crippen molar-refractivity contribution >= 4 is 0 Å². The van der Waals surface area contributed by atoms with Gasteiger partial charge in [0.25, 0.3) is 0 Å². The Hall–Kier alpha value is -1.94. The van der Waals surface area contributed by atoms with E-state index in [4.69, 9.17) is 9.84 Å². The smallest absolute Gasteiger partial charge is 0.126 e. The van der Waals surface area contributed by atoms with E-state index in [9.17, 15) is 8.78 Å². The van der Waals surface area contributed by atoms with Gasteiger partial charge in [-0.05, 0) is 48.2 Å². The van der Waals surface area contributed by atoms with Gasteiger partial charge < -0.3 is 9.84 Å². The van der Waals surface area contributed by atoms with Gasteiger partial charge in [0.15, 0.2) is 0 Å². The zero-order valence-corrected chi connectivity index (χ0v) is 11.4. The van der Waals surface area contributed by atoms with Crippen molar-refractivity contribution < 1.29 is 18.6 Å². The van der Waals surface area contributed by atoms with Crippen molar-refractivity contribution in [3.8, 4) is 5.75 Å². The number of benzene rings is 2. The molecule has 2 nitrogen and oxygen atoms in total. The summed E-state index contributed by atoms with van der Waals surface area (Å²) in [6.07, 6.45) is 0. The normalized spacial score (nSPS) is 10.7. The molecule has 0 atom stereocenters. The van der Waals surface area contributed by atoms with Gasteiger partial charge in [0.05, 0.1) is 6.61 Å². The Morgan fingerprint density at radius 2 is 1.45 bits per heavy atom. The van der Waals surface area contributed by atoms with E-state index in [1.54, 1.807) is 0 Å². The summed E-state index contributed by atoms with van der Waals surface area (Å²) in [6, 6.07) is 6.98. The van der Waals surface area contributed by atoms with Crippen LogP contribution in [-0.2, 0) is 13.2 Å². The summed E-state index contributed by atoms with van der Waals surface area (Å²) in [4.78, 5) is 0. The molecule has 0 aliphatic heterocycles. The zero-order valence-electron chi connectivity index (χ0n) is 11.4. The molecule has 20 heavy (non-hydrogen) atoms. The lowest BCUT2D eigenvalue weighted by Gasteiger charge is -2.13. The van der Waals surface area contributed by atoms with Crippen LogP contribution in [0.25, 0.3) is 0 Å². The van der Waals surface area contributed by atoms with Crippen molar-refractivity contribution in [2.45, 2.75) is 27.1 Å². The minimum absolute atomic E-state index is 0.0307. The molecule has 2 rings (SSSR count). The van der Waals surface area contributed by atoms with Crippen LogP contribution in [0.3, 0.4) is 0 Å². The second-order valence-corrected chi connectivity index (χ2v) is 4.78. The molecule has 0 aliphatic rings. The summed E-state index contributed by atoms with van der Waals surface area (Å²) in [5.41, 5.74) is 3.01. The van der Waals surface area contributed by atoms with E-state index in [0.29, 0.717) is 11.3 Å². The first-order valence-corrected chi connectivity index (χ1v) is 6.28. The predicted octanol–water partition coefficient (Wildman–Crippen LogP) is 3.65. The monoisotopic (exact) mass is 278 g/mol. The van der Waals surface area contributed by atoms with Crippen LogP contribution in [0.5, 0.6) is 5.75 Å². The Labute approximate surface area is 116 Å². The van der Waals surface area contributed by atoms with Gasteiger partial charge in [0.1, 0.15) is 24.0 Å². The molecule has 0 spiro atoms. The molecule has 106 valence electrons. The summed E-state index contributed by atoms with van der Waals surface area (Å²) >= 11 is 0. The summed E-state index contributed by atoms with van der Waals surface area (Å²) in [5, 5.41) is 9.12. The first-order chi connectivity index (χ1) is 9.49. The van der Waals surface area contributed by atoms with Crippen LogP contribution in [0.2, 0.25) is 0 Å². The number of aliphatic hydroxyl groups excluding tert-OH is 1. The molecule has 0 unspecified atom stereocenters. The standard InChI is InChI=1S/C16H16F2O2/c1-10-3-12(8-19)4-11(2)16(10)20-9-13-5-14(17)7-15(18)6-13/h3-7,19H,8-9H2,1-2H3. The largest absolute Gasteiger partial charge is 0.488 e. The highest BCUT2D eigenvalue weighted by atomic mass is 19.1. The van der Waals surface area contributed by atoms with E-state index in [1.807, 2.05) is 26.0 Å². The fourth-order valence-corrected chi connectivity index (χ4v) is 2.21. The number of aryl methyl sites for hydroxylation is 2. The van der Waals surface area contributed by atoms with Crippen LogP contribution >= 0.6 is 0 Å². The van der Waals surface area contributed by atoms with E-state index in [1.165, 1.54) is 12.1 Å². The third kappa shape index (κ3) is 3.33. The lowest BCUT2D eigenvalue weighted by Crippen LogP contribution is -2.01. The molecule has 0 amide bonds. The lowest BCUT2D eigenvalue weighted by molar-refractivity contribution is 0.280. The molecule has 0 bridgehead atoms. The maximum absolute atomic E-state index is 13.1. The van der Waals surface area contributed by atoms with E-state index >= 15 is 0 Å². The van der Waals surface area contributed by atoms with Crippen LogP contribution in [0, 0.1) is 25.5 Å². The fourth-order valence-electron chi connectivity index (χ4n) is 2.21. The van der Waals surface area contributed by atoms with Gasteiger partial charge in [0, 0.05) is 6.07 Å². The van der Waals surface area contributed by atoms with Gasteiger partial charge in [-0.25, -0.2) is 8.78 Å². The minimum Gasteiger partial charge on any atom is -0.488 e. The molecule has 0 saturated heterocycles. The molecule has 1 N–H and O–H groups in total. The molecule has 0 saturated carbocycles. The van der Waals surface area contributed by atoms with Crippen LogP contribution in [0.15, 0.2) is 30.3 Å². The van der Waals surface area contributed by atoms with Crippen molar-refractivity contribution in [2.75, 3.05) is 0 Å². The second kappa shape index (κ2) is 6.01. The van der Waals surface area contributed by atoms with Gasteiger partial charge in [-0.2, -0.15) is 0 Å². The lowest BCUT2D eigenvalue weighted by atomic mass is 10.1. The molecule has 0 aliphatic carbocycles. The van der Waals surface area contributed by atoms with Crippen molar-refractivity contribution in [3.63, 3.8) is 0 Å². The first-order valence-electron chi connectivity index (χ1n) is 6.28. The minimum atomic E-state index is -0.618. The van der Waals surface area contributed by atoms with E-state index in [0.717, 1.165) is 22.8 Å². The Bertz CT molecular complexity index is 581. The average Bonchev–Trinajstić information content (AvgIpc) is 2.36. The topological polar surface area (TPSA) is 29.5 Å². The van der Waals surface area contributed by atoms with Crippen LogP contribution < -0.4 is 4.74 Å². The average molecular weight is 278 g/mol. The predicted molar refractivity (Wildman–Crippen MR) is 72.5 cm³/mol. The summed E-state index contributed by atoms with van der Waals surface area (Å²) in [5.74, 6) is -0.563. The molecule has 2 aromatic rings. The summed E-state index contributed by atoms with van der Waals surface area (Å²) in [6.45, 7) is 3.80. The summed E-state index contributed by atoms with van der Waals surface area (Å²) in [7, 11) is 0. The molecule has 0 fully saturated rings. The third-order valence-electron chi connectivity index (χ3n) is 3.01. The second-order valence-electron chi connectivity index (χ2n) is 4.78. The van der Waals surface area contributed by atoms with Crippen molar-refractivity contribution in [2.24, 2.45) is 0 Å². The Morgan fingerprint density at radius 3 is 1.95 bits per heavy atom. The van der Waals surface area contributed by atoms with E-state index < -0.39 is 11.6 Å². The number of aliphatic hydroxyl groups is 1. The molecule has 0 radical (unpaired) electrons. The van der Waals surface area contributed by atoms with Gasteiger partial charge in [-0.15, -0.1) is 0 Å².